The molecule has 0 bridgehead atoms. The molecule has 1 aromatic rings. The number of benzene rings is 1. The van der Waals surface area contributed by atoms with E-state index < -0.39 is 11.5 Å². The number of ether oxygens (including phenoxy) is 1. The van der Waals surface area contributed by atoms with E-state index in [0.29, 0.717) is 0 Å². The Morgan fingerprint density at radius 2 is 1.92 bits per heavy atom. The molecule has 0 radical (unpaired) electrons. The van der Waals surface area contributed by atoms with E-state index in [0.717, 1.165) is 42.6 Å². The molecule has 25 heavy (non-hydrogen) atoms. The lowest BCUT2D eigenvalue weighted by Gasteiger charge is -2.22. The molecular formula is C20H28N2O3. The Morgan fingerprint density at radius 3 is 2.52 bits per heavy atom. The second-order valence-corrected chi connectivity index (χ2v) is 7.45. The standard InChI is InChI=1S/C20H28N2O3/c1-13-8-9-15(12-17(13)25-3)20(10-11-20)19(24)21-14(2)18(23)22-16-6-4-5-7-16/h8-9,12,14,16H,4-7,10-11H2,1-3H3,(H,21,24)(H,22,23)/t14-/m1/s1. The van der Waals surface area contributed by atoms with Gasteiger partial charge in [0.1, 0.15) is 11.8 Å². The predicted octanol–water partition coefficient (Wildman–Crippen LogP) is 2.60. The van der Waals surface area contributed by atoms with Gasteiger partial charge in [0.15, 0.2) is 0 Å². The number of aryl methyl sites for hydroxylation is 1. The van der Waals surface area contributed by atoms with Crippen LogP contribution in [-0.2, 0) is 15.0 Å². The van der Waals surface area contributed by atoms with Crippen molar-refractivity contribution in [3.8, 4) is 5.75 Å². The summed E-state index contributed by atoms with van der Waals surface area (Å²) < 4.78 is 5.39. The molecule has 0 aliphatic heterocycles. The summed E-state index contributed by atoms with van der Waals surface area (Å²) in [5, 5.41) is 5.96. The number of carbonyl (C=O) groups excluding carboxylic acids is 2. The van der Waals surface area contributed by atoms with Crippen molar-refractivity contribution in [2.75, 3.05) is 7.11 Å². The van der Waals surface area contributed by atoms with Crippen LogP contribution in [0, 0.1) is 6.92 Å². The topological polar surface area (TPSA) is 67.4 Å². The lowest BCUT2D eigenvalue weighted by molar-refractivity contribution is -0.130. The fourth-order valence-electron chi connectivity index (χ4n) is 3.69. The molecule has 3 rings (SSSR count). The lowest BCUT2D eigenvalue weighted by Crippen LogP contribution is -2.50. The molecule has 1 aromatic carbocycles. The van der Waals surface area contributed by atoms with Crippen LogP contribution in [0.1, 0.15) is 56.6 Å². The minimum atomic E-state index is -0.516. The smallest absolute Gasteiger partial charge is 0.242 e. The first-order chi connectivity index (χ1) is 12.0. The highest BCUT2D eigenvalue weighted by atomic mass is 16.5. The first kappa shape index (κ1) is 17.8. The molecule has 2 amide bonds. The Hall–Kier alpha value is -2.04. The Bertz CT molecular complexity index is 661. The molecular weight excluding hydrogens is 316 g/mol. The molecule has 136 valence electrons. The van der Waals surface area contributed by atoms with Crippen LogP contribution in [-0.4, -0.2) is 31.0 Å². The number of carbonyl (C=O) groups is 2. The Labute approximate surface area is 149 Å². The number of rotatable bonds is 6. The van der Waals surface area contributed by atoms with E-state index >= 15 is 0 Å². The summed E-state index contributed by atoms with van der Waals surface area (Å²) in [7, 11) is 1.64. The maximum Gasteiger partial charge on any atom is 0.242 e. The van der Waals surface area contributed by atoms with Crippen molar-refractivity contribution in [1.29, 1.82) is 0 Å². The molecule has 2 aliphatic carbocycles. The third-order valence-corrected chi connectivity index (χ3v) is 5.59. The van der Waals surface area contributed by atoms with Crippen molar-refractivity contribution in [1.82, 2.24) is 10.6 Å². The molecule has 2 N–H and O–H groups in total. The SMILES string of the molecule is COc1cc(C2(C(=O)N[C@H](C)C(=O)NC3CCCC3)CC2)ccc1C. The quantitative estimate of drug-likeness (QED) is 0.833. The Balaban J connectivity index is 1.64. The number of nitrogens with one attached hydrogen (secondary N) is 2. The van der Waals surface area contributed by atoms with Crippen molar-refractivity contribution in [3.63, 3.8) is 0 Å². The van der Waals surface area contributed by atoms with Gasteiger partial charge in [0.25, 0.3) is 0 Å². The summed E-state index contributed by atoms with van der Waals surface area (Å²) in [6, 6.07) is 5.68. The average molecular weight is 344 g/mol. The van der Waals surface area contributed by atoms with E-state index in [-0.39, 0.29) is 17.9 Å². The van der Waals surface area contributed by atoms with E-state index in [4.69, 9.17) is 4.74 Å². The molecule has 2 saturated carbocycles. The third kappa shape index (κ3) is 3.65. The third-order valence-electron chi connectivity index (χ3n) is 5.59. The second-order valence-electron chi connectivity index (χ2n) is 7.45. The molecule has 0 aromatic heterocycles. The summed E-state index contributed by atoms with van der Waals surface area (Å²) in [6.07, 6.45) is 6.04. The number of hydrogen-bond acceptors (Lipinski definition) is 3. The summed E-state index contributed by atoms with van der Waals surface area (Å²) in [5.74, 6) is 0.647. The van der Waals surface area contributed by atoms with Crippen molar-refractivity contribution in [3.05, 3.63) is 29.3 Å². The van der Waals surface area contributed by atoms with Crippen LogP contribution in [0.3, 0.4) is 0 Å². The maximum absolute atomic E-state index is 12.8. The van der Waals surface area contributed by atoms with Crippen molar-refractivity contribution < 1.29 is 14.3 Å². The van der Waals surface area contributed by atoms with Gasteiger partial charge >= 0.3 is 0 Å². The maximum atomic E-state index is 12.8. The monoisotopic (exact) mass is 344 g/mol. The summed E-state index contributed by atoms with van der Waals surface area (Å²) in [4.78, 5) is 25.2. The Morgan fingerprint density at radius 1 is 1.24 bits per heavy atom. The zero-order chi connectivity index (χ0) is 18.0. The highest BCUT2D eigenvalue weighted by Gasteiger charge is 2.52. The van der Waals surface area contributed by atoms with Gasteiger partial charge in [-0.25, -0.2) is 0 Å². The van der Waals surface area contributed by atoms with Gasteiger partial charge in [-0.05, 0) is 56.7 Å². The van der Waals surface area contributed by atoms with E-state index in [1.165, 1.54) is 12.8 Å². The van der Waals surface area contributed by atoms with Gasteiger partial charge in [-0.3, -0.25) is 9.59 Å². The first-order valence-corrected chi connectivity index (χ1v) is 9.23. The van der Waals surface area contributed by atoms with Crippen LogP contribution in [0.2, 0.25) is 0 Å². The van der Waals surface area contributed by atoms with Crippen molar-refractivity contribution >= 4 is 11.8 Å². The number of hydrogen-bond donors (Lipinski definition) is 2. The molecule has 0 heterocycles. The normalized spacial score (nSPS) is 20.0. The van der Waals surface area contributed by atoms with Gasteiger partial charge in [0.2, 0.25) is 11.8 Å². The zero-order valence-electron chi connectivity index (χ0n) is 15.4. The van der Waals surface area contributed by atoms with E-state index in [1.54, 1.807) is 14.0 Å². The van der Waals surface area contributed by atoms with Crippen LogP contribution >= 0.6 is 0 Å². The molecule has 0 unspecified atom stereocenters. The molecule has 5 heteroatoms. The summed E-state index contributed by atoms with van der Waals surface area (Å²) >= 11 is 0. The van der Waals surface area contributed by atoms with Gasteiger partial charge in [-0.2, -0.15) is 0 Å². The van der Waals surface area contributed by atoms with E-state index in [1.807, 2.05) is 25.1 Å². The number of amides is 2. The van der Waals surface area contributed by atoms with Crippen LogP contribution in [0.25, 0.3) is 0 Å². The van der Waals surface area contributed by atoms with E-state index in [2.05, 4.69) is 10.6 Å². The second kappa shape index (κ2) is 7.06. The molecule has 2 fully saturated rings. The summed E-state index contributed by atoms with van der Waals surface area (Å²) in [6.45, 7) is 3.74. The van der Waals surface area contributed by atoms with Gasteiger partial charge < -0.3 is 15.4 Å². The zero-order valence-corrected chi connectivity index (χ0v) is 15.4. The largest absolute Gasteiger partial charge is 0.496 e. The minimum absolute atomic E-state index is 0.0625. The Kier molecular flexibility index (Phi) is 5.02. The van der Waals surface area contributed by atoms with Crippen LogP contribution < -0.4 is 15.4 Å². The fourth-order valence-corrected chi connectivity index (χ4v) is 3.69. The van der Waals surface area contributed by atoms with Crippen LogP contribution in [0.15, 0.2) is 18.2 Å². The lowest BCUT2D eigenvalue weighted by atomic mass is 9.93. The molecule has 5 nitrogen and oxygen atoms in total. The van der Waals surface area contributed by atoms with Crippen LogP contribution in [0.5, 0.6) is 5.75 Å². The molecule has 0 saturated heterocycles. The van der Waals surface area contributed by atoms with Gasteiger partial charge in [0.05, 0.1) is 12.5 Å². The number of methoxy groups -OCH3 is 1. The molecule has 2 aliphatic rings. The fraction of sp³-hybridized carbons (Fsp3) is 0.600. The van der Waals surface area contributed by atoms with Gasteiger partial charge in [-0.1, -0.05) is 25.0 Å². The minimum Gasteiger partial charge on any atom is -0.496 e. The molecule has 1 atom stereocenters. The highest BCUT2D eigenvalue weighted by molar-refractivity contribution is 5.95. The first-order valence-electron chi connectivity index (χ1n) is 9.23. The highest BCUT2D eigenvalue weighted by Crippen LogP contribution is 2.49. The van der Waals surface area contributed by atoms with Crippen molar-refractivity contribution in [2.24, 2.45) is 0 Å². The molecule has 0 spiro atoms. The van der Waals surface area contributed by atoms with Crippen LogP contribution in [0.4, 0.5) is 0 Å². The van der Waals surface area contributed by atoms with E-state index in [9.17, 15) is 9.59 Å². The van der Waals surface area contributed by atoms with Gasteiger partial charge in [-0.15, -0.1) is 0 Å². The predicted molar refractivity (Wildman–Crippen MR) is 96.6 cm³/mol. The van der Waals surface area contributed by atoms with Gasteiger partial charge in [0, 0.05) is 6.04 Å². The average Bonchev–Trinajstić information content (AvgIpc) is 3.26. The van der Waals surface area contributed by atoms with Crippen molar-refractivity contribution in [2.45, 2.75) is 69.9 Å². The summed E-state index contributed by atoms with van der Waals surface area (Å²) in [5.41, 5.74) is 1.51.